The van der Waals surface area contributed by atoms with E-state index in [-0.39, 0.29) is 5.56 Å². The zero-order valence-corrected chi connectivity index (χ0v) is 11.3. The molecule has 112 valence electrons. The van der Waals surface area contributed by atoms with Gasteiger partial charge in [0, 0.05) is 25.4 Å². The molecule has 0 atom stereocenters. The highest BCUT2D eigenvalue weighted by molar-refractivity contribution is 5.53. The van der Waals surface area contributed by atoms with Gasteiger partial charge in [-0.05, 0) is 30.5 Å². The number of benzene rings is 1. The number of ether oxygens (including phenoxy) is 1. The highest BCUT2D eigenvalue weighted by Gasteiger charge is 2.35. The predicted molar refractivity (Wildman–Crippen MR) is 69.6 cm³/mol. The molecule has 0 spiro atoms. The van der Waals surface area contributed by atoms with Crippen LogP contribution < -0.4 is 4.90 Å². The third-order valence-corrected chi connectivity index (χ3v) is 3.42. The molecule has 0 amide bonds. The van der Waals surface area contributed by atoms with Gasteiger partial charge in [0.25, 0.3) is 0 Å². The number of hydrogen-bond acceptors (Lipinski definition) is 3. The number of aliphatic hydroxyl groups excluding tert-OH is 1. The van der Waals surface area contributed by atoms with Crippen LogP contribution in [0.15, 0.2) is 18.2 Å². The molecule has 20 heavy (non-hydrogen) atoms. The molecule has 0 bridgehead atoms. The Kier molecular flexibility index (Phi) is 4.55. The summed E-state index contributed by atoms with van der Waals surface area (Å²) in [5, 5.41) is 9.04. The van der Waals surface area contributed by atoms with Crippen LogP contribution in [0.5, 0.6) is 0 Å². The smallest absolute Gasteiger partial charge is 0.392 e. The lowest BCUT2D eigenvalue weighted by Crippen LogP contribution is -2.29. The summed E-state index contributed by atoms with van der Waals surface area (Å²) in [6.45, 7) is 0.424. The first-order chi connectivity index (χ1) is 9.47. The van der Waals surface area contributed by atoms with Gasteiger partial charge in [-0.3, -0.25) is 0 Å². The Hall–Kier alpha value is -1.27. The Morgan fingerprint density at radius 2 is 2.05 bits per heavy atom. The SMILES string of the molecule is COCCN(c1ccc(CO)c(C(F)(F)F)c1)C1CC1. The van der Waals surface area contributed by atoms with Crippen molar-refractivity contribution >= 4 is 5.69 Å². The summed E-state index contributed by atoms with van der Waals surface area (Å²) >= 11 is 0. The van der Waals surface area contributed by atoms with Gasteiger partial charge in [-0.1, -0.05) is 6.07 Å². The topological polar surface area (TPSA) is 32.7 Å². The van der Waals surface area contributed by atoms with Crippen LogP contribution in [0.1, 0.15) is 24.0 Å². The van der Waals surface area contributed by atoms with Crippen LogP contribution in [0, 0.1) is 0 Å². The van der Waals surface area contributed by atoms with Gasteiger partial charge in [-0.25, -0.2) is 0 Å². The van der Waals surface area contributed by atoms with Crippen molar-refractivity contribution in [2.45, 2.75) is 31.7 Å². The molecule has 0 radical (unpaired) electrons. The second-order valence-corrected chi connectivity index (χ2v) is 4.91. The van der Waals surface area contributed by atoms with E-state index in [0.29, 0.717) is 24.9 Å². The average molecular weight is 289 g/mol. The normalized spacial score (nSPS) is 15.4. The summed E-state index contributed by atoms with van der Waals surface area (Å²) in [5.74, 6) is 0. The van der Waals surface area contributed by atoms with Gasteiger partial charge in [0.1, 0.15) is 0 Å². The number of methoxy groups -OCH3 is 1. The van der Waals surface area contributed by atoms with Gasteiger partial charge < -0.3 is 14.7 Å². The first-order valence-electron chi connectivity index (χ1n) is 6.54. The van der Waals surface area contributed by atoms with Crippen molar-refractivity contribution < 1.29 is 23.0 Å². The Morgan fingerprint density at radius 1 is 1.35 bits per heavy atom. The van der Waals surface area contributed by atoms with Gasteiger partial charge >= 0.3 is 6.18 Å². The molecule has 1 aromatic carbocycles. The summed E-state index contributed by atoms with van der Waals surface area (Å²) < 4.78 is 44.0. The maximum Gasteiger partial charge on any atom is 0.416 e. The molecule has 0 aliphatic heterocycles. The second kappa shape index (κ2) is 6.01. The van der Waals surface area contributed by atoms with E-state index < -0.39 is 18.3 Å². The van der Waals surface area contributed by atoms with E-state index in [0.717, 1.165) is 18.9 Å². The zero-order valence-electron chi connectivity index (χ0n) is 11.3. The summed E-state index contributed by atoms with van der Waals surface area (Å²) in [7, 11) is 1.57. The highest BCUT2D eigenvalue weighted by atomic mass is 19.4. The fourth-order valence-electron chi connectivity index (χ4n) is 2.24. The molecule has 1 saturated carbocycles. The van der Waals surface area contributed by atoms with Crippen molar-refractivity contribution in [3.63, 3.8) is 0 Å². The lowest BCUT2D eigenvalue weighted by atomic mass is 10.1. The largest absolute Gasteiger partial charge is 0.416 e. The quantitative estimate of drug-likeness (QED) is 0.874. The number of rotatable bonds is 6. The van der Waals surface area contributed by atoms with E-state index in [2.05, 4.69) is 0 Å². The molecule has 0 aromatic heterocycles. The molecule has 2 rings (SSSR count). The monoisotopic (exact) mass is 289 g/mol. The molecule has 1 N–H and O–H groups in total. The Morgan fingerprint density at radius 3 is 2.55 bits per heavy atom. The molecule has 1 fully saturated rings. The Bertz CT molecular complexity index is 458. The van der Waals surface area contributed by atoms with Gasteiger partial charge in [-0.15, -0.1) is 0 Å². The summed E-state index contributed by atoms with van der Waals surface area (Å²) in [5.41, 5.74) is -0.321. The van der Waals surface area contributed by atoms with Gasteiger partial charge in [-0.2, -0.15) is 13.2 Å². The van der Waals surface area contributed by atoms with Crippen LogP contribution in [-0.2, 0) is 17.5 Å². The van der Waals surface area contributed by atoms with Crippen molar-refractivity contribution in [1.29, 1.82) is 0 Å². The maximum absolute atomic E-state index is 13.0. The van der Waals surface area contributed by atoms with Crippen LogP contribution >= 0.6 is 0 Å². The summed E-state index contributed by atoms with van der Waals surface area (Å²) in [6.07, 6.45) is -2.47. The molecule has 1 aromatic rings. The van der Waals surface area contributed by atoms with Crippen LogP contribution in [0.2, 0.25) is 0 Å². The molecular weight excluding hydrogens is 271 g/mol. The van der Waals surface area contributed by atoms with Gasteiger partial charge in [0.05, 0.1) is 18.8 Å². The minimum absolute atomic E-state index is 0.0938. The first-order valence-corrected chi connectivity index (χ1v) is 6.54. The lowest BCUT2D eigenvalue weighted by Gasteiger charge is -2.26. The van der Waals surface area contributed by atoms with E-state index in [1.165, 1.54) is 6.07 Å². The van der Waals surface area contributed by atoms with Crippen molar-refractivity contribution in [3.05, 3.63) is 29.3 Å². The predicted octanol–water partition coefficient (Wildman–Crippen LogP) is 2.81. The summed E-state index contributed by atoms with van der Waals surface area (Å²) in [6, 6.07) is 4.40. The molecule has 6 heteroatoms. The van der Waals surface area contributed by atoms with Crippen molar-refractivity contribution in [2.24, 2.45) is 0 Å². The number of nitrogens with zero attached hydrogens (tertiary/aromatic N) is 1. The van der Waals surface area contributed by atoms with E-state index >= 15 is 0 Å². The zero-order chi connectivity index (χ0) is 14.8. The molecule has 1 aliphatic carbocycles. The molecule has 3 nitrogen and oxygen atoms in total. The second-order valence-electron chi connectivity index (χ2n) is 4.91. The van der Waals surface area contributed by atoms with Crippen molar-refractivity contribution in [3.8, 4) is 0 Å². The third kappa shape index (κ3) is 3.43. The highest BCUT2D eigenvalue weighted by Crippen LogP contribution is 2.37. The molecule has 1 aliphatic rings. The average Bonchev–Trinajstić information content (AvgIpc) is 3.22. The number of hydrogen-bond donors (Lipinski definition) is 1. The number of anilines is 1. The fraction of sp³-hybridized carbons (Fsp3) is 0.571. The Balaban J connectivity index is 2.30. The molecule has 0 saturated heterocycles. The maximum atomic E-state index is 13.0. The molecule has 0 heterocycles. The van der Waals surface area contributed by atoms with Gasteiger partial charge in [0.15, 0.2) is 0 Å². The standard InChI is InChI=1S/C14H18F3NO2/c1-20-7-6-18(11-4-5-11)12-3-2-10(9-19)13(8-12)14(15,16)17/h2-3,8,11,19H,4-7,9H2,1H3. The number of halogens is 3. The molecule has 0 unspecified atom stereocenters. The fourth-order valence-corrected chi connectivity index (χ4v) is 2.24. The van der Waals surface area contributed by atoms with Crippen LogP contribution in [0.4, 0.5) is 18.9 Å². The van der Waals surface area contributed by atoms with E-state index in [1.807, 2.05) is 4.90 Å². The molecular formula is C14H18F3NO2. The first kappa shape index (κ1) is 15.1. The lowest BCUT2D eigenvalue weighted by molar-refractivity contribution is -0.138. The van der Waals surface area contributed by atoms with Crippen LogP contribution in [0.3, 0.4) is 0 Å². The van der Waals surface area contributed by atoms with E-state index in [9.17, 15) is 13.2 Å². The van der Waals surface area contributed by atoms with Crippen molar-refractivity contribution in [2.75, 3.05) is 25.2 Å². The van der Waals surface area contributed by atoms with Crippen LogP contribution in [-0.4, -0.2) is 31.4 Å². The minimum Gasteiger partial charge on any atom is -0.392 e. The van der Waals surface area contributed by atoms with E-state index in [4.69, 9.17) is 9.84 Å². The number of alkyl halides is 3. The number of aliphatic hydroxyl groups is 1. The summed E-state index contributed by atoms with van der Waals surface area (Å²) in [4.78, 5) is 1.94. The van der Waals surface area contributed by atoms with Crippen LogP contribution in [0.25, 0.3) is 0 Å². The van der Waals surface area contributed by atoms with Gasteiger partial charge in [0.2, 0.25) is 0 Å². The van der Waals surface area contributed by atoms with E-state index in [1.54, 1.807) is 13.2 Å². The third-order valence-electron chi connectivity index (χ3n) is 3.42. The minimum atomic E-state index is -4.45. The van der Waals surface area contributed by atoms with Crippen molar-refractivity contribution in [1.82, 2.24) is 0 Å². The Labute approximate surface area is 116 Å².